The molecule has 10 heteroatoms. The van der Waals surface area contributed by atoms with Crippen LogP contribution < -0.4 is 5.32 Å². The summed E-state index contributed by atoms with van der Waals surface area (Å²) in [5, 5.41) is 3.73. The first-order chi connectivity index (χ1) is 21.1. The highest BCUT2D eigenvalue weighted by Gasteiger charge is 2.42. The van der Waals surface area contributed by atoms with Crippen molar-refractivity contribution in [3.05, 3.63) is 87.7 Å². The van der Waals surface area contributed by atoms with Crippen LogP contribution >= 0.6 is 11.6 Å². The standard InChI is InChI=1S/C34H38ClN5O4/c1-21(2)19-43-33(42)40-14-9-22(10-15-40)29-25-8-7-24(35)17-26(25)27(16-23-6-5-13-37-30(23)29)31(28-18-36-20-39(28)4)38-32(41)44-34(3)11-12-34/h5-8,13,16-18,20-21,31H,9-12,14-15,19H2,1-4H3,(H,38,41). The van der Waals surface area contributed by atoms with Gasteiger partial charge in [0.25, 0.3) is 0 Å². The van der Waals surface area contributed by atoms with E-state index in [0.717, 1.165) is 52.1 Å². The molecule has 1 aromatic carbocycles. The van der Waals surface area contributed by atoms with E-state index in [0.29, 0.717) is 37.6 Å². The third kappa shape index (κ3) is 6.24. The van der Waals surface area contributed by atoms with Gasteiger partial charge in [0.1, 0.15) is 11.6 Å². The van der Waals surface area contributed by atoms with E-state index < -0.39 is 17.7 Å². The van der Waals surface area contributed by atoms with Crippen molar-refractivity contribution in [2.75, 3.05) is 19.7 Å². The number of pyridine rings is 1. The number of piperidine rings is 1. The third-order valence-corrected chi connectivity index (χ3v) is 8.72. The molecule has 2 aromatic heterocycles. The minimum absolute atomic E-state index is 0.268. The number of benzene rings is 1. The number of aryl methyl sites for hydroxylation is 1. The Morgan fingerprint density at radius 1 is 1.14 bits per heavy atom. The number of likely N-dealkylation sites (tertiary alicyclic amines) is 1. The number of alkyl carbamates (subject to hydrolysis) is 1. The molecule has 3 heterocycles. The quantitative estimate of drug-likeness (QED) is 0.320. The lowest BCUT2D eigenvalue weighted by molar-refractivity contribution is 0.0893. The number of carbonyl (C=O) groups is 2. The summed E-state index contributed by atoms with van der Waals surface area (Å²) >= 11 is 6.66. The molecule has 0 spiro atoms. The van der Waals surface area contributed by atoms with E-state index in [1.165, 1.54) is 5.57 Å². The molecule has 1 unspecified atom stereocenters. The molecule has 2 amide bonds. The molecule has 0 bridgehead atoms. The summed E-state index contributed by atoms with van der Waals surface area (Å²) in [6, 6.07) is 9.25. The summed E-state index contributed by atoms with van der Waals surface area (Å²) in [6.45, 7) is 7.53. The number of nitrogens with zero attached hydrogens (tertiary/aromatic N) is 4. The predicted molar refractivity (Wildman–Crippen MR) is 170 cm³/mol. The molecular formula is C34H38ClN5O4. The van der Waals surface area contributed by atoms with Gasteiger partial charge in [-0.15, -0.1) is 0 Å². The van der Waals surface area contributed by atoms with Gasteiger partial charge in [-0.25, -0.2) is 14.6 Å². The summed E-state index contributed by atoms with van der Waals surface area (Å²) in [4.78, 5) is 37.0. The number of hydrogen-bond donors (Lipinski definition) is 1. The zero-order valence-electron chi connectivity index (χ0n) is 25.6. The predicted octanol–water partition coefficient (Wildman–Crippen LogP) is 7.03. The molecule has 6 rings (SSSR count). The highest BCUT2D eigenvalue weighted by Crippen LogP contribution is 2.45. The lowest BCUT2D eigenvalue weighted by atomic mass is 9.86. The molecule has 0 radical (unpaired) electrons. The molecule has 1 saturated heterocycles. The van der Waals surface area contributed by atoms with E-state index in [-0.39, 0.29) is 12.0 Å². The number of amides is 2. The Bertz CT molecular complexity index is 1640. The van der Waals surface area contributed by atoms with Crippen molar-refractivity contribution in [2.24, 2.45) is 13.0 Å². The Labute approximate surface area is 262 Å². The van der Waals surface area contributed by atoms with Crippen molar-refractivity contribution in [3.63, 3.8) is 0 Å². The third-order valence-electron chi connectivity index (χ3n) is 8.48. The smallest absolute Gasteiger partial charge is 0.409 e. The van der Waals surface area contributed by atoms with Gasteiger partial charge in [0.2, 0.25) is 0 Å². The zero-order chi connectivity index (χ0) is 31.0. The Kier molecular flexibility index (Phi) is 8.24. The van der Waals surface area contributed by atoms with Crippen LogP contribution in [-0.4, -0.2) is 56.9 Å². The highest BCUT2D eigenvalue weighted by atomic mass is 35.5. The van der Waals surface area contributed by atoms with Crippen LogP contribution in [0.3, 0.4) is 0 Å². The number of carbonyl (C=O) groups excluding carboxylic acids is 2. The van der Waals surface area contributed by atoms with Crippen molar-refractivity contribution >= 4 is 41.0 Å². The molecule has 230 valence electrons. The number of halogens is 1. The molecule has 9 nitrogen and oxygen atoms in total. The van der Waals surface area contributed by atoms with E-state index in [4.69, 9.17) is 26.1 Å². The van der Waals surface area contributed by atoms with Crippen LogP contribution in [0.4, 0.5) is 9.59 Å². The van der Waals surface area contributed by atoms with Crippen LogP contribution in [-0.2, 0) is 16.5 Å². The SMILES string of the molecule is CC(C)COC(=O)N1CCC(=C2c3ccc(Cl)cc3C(C(NC(=O)OC3(C)CC3)c3cncn3C)=Cc3cccnc32)CC1. The maximum Gasteiger partial charge on any atom is 0.409 e. The van der Waals surface area contributed by atoms with Gasteiger partial charge in [0, 0.05) is 42.5 Å². The molecular weight excluding hydrogens is 578 g/mol. The summed E-state index contributed by atoms with van der Waals surface area (Å²) in [5.41, 5.74) is 7.11. The van der Waals surface area contributed by atoms with Gasteiger partial charge < -0.3 is 24.3 Å². The molecule has 1 saturated carbocycles. The minimum Gasteiger partial charge on any atom is -0.449 e. The van der Waals surface area contributed by atoms with Crippen LogP contribution in [0.15, 0.2) is 54.6 Å². The summed E-state index contributed by atoms with van der Waals surface area (Å²) in [5.74, 6) is 0.281. The molecule has 3 aliphatic rings. The Morgan fingerprint density at radius 2 is 1.91 bits per heavy atom. The lowest BCUT2D eigenvalue weighted by Gasteiger charge is -2.30. The molecule has 1 aliphatic heterocycles. The first kappa shape index (κ1) is 29.9. The molecule has 1 atom stereocenters. The number of ether oxygens (including phenoxy) is 2. The van der Waals surface area contributed by atoms with Crippen LogP contribution in [0.1, 0.15) is 80.6 Å². The Balaban J connectivity index is 1.43. The molecule has 3 aromatic rings. The number of hydrogen-bond acceptors (Lipinski definition) is 6. The topological polar surface area (TPSA) is 98.6 Å². The maximum absolute atomic E-state index is 13.3. The van der Waals surface area contributed by atoms with E-state index in [2.05, 4.69) is 16.4 Å². The number of fused-ring (bicyclic) bond motifs is 2. The first-order valence-corrected chi connectivity index (χ1v) is 15.6. The van der Waals surface area contributed by atoms with Gasteiger partial charge in [-0.05, 0) is 79.5 Å². The average Bonchev–Trinajstić information content (AvgIpc) is 3.61. The Hall–Kier alpha value is -4.11. The van der Waals surface area contributed by atoms with Crippen LogP contribution in [0.5, 0.6) is 0 Å². The van der Waals surface area contributed by atoms with Gasteiger partial charge >= 0.3 is 12.2 Å². The molecule has 44 heavy (non-hydrogen) atoms. The van der Waals surface area contributed by atoms with Crippen molar-refractivity contribution in [1.82, 2.24) is 24.8 Å². The van der Waals surface area contributed by atoms with E-state index in [1.807, 2.05) is 62.7 Å². The van der Waals surface area contributed by atoms with Crippen molar-refractivity contribution < 1.29 is 19.1 Å². The van der Waals surface area contributed by atoms with Crippen molar-refractivity contribution in [3.8, 4) is 0 Å². The van der Waals surface area contributed by atoms with Crippen LogP contribution in [0.2, 0.25) is 5.02 Å². The van der Waals surface area contributed by atoms with E-state index in [1.54, 1.807) is 23.6 Å². The zero-order valence-corrected chi connectivity index (χ0v) is 26.4. The fraction of sp³-hybridized carbons (Fsp3) is 0.412. The van der Waals surface area contributed by atoms with Crippen LogP contribution in [0, 0.1) is 5.92 Å². The van der Waals surface area contributed by atoms with Gasteiger partial charge in [0.05, 0.1) is 30.5 Å². The second-order valence-corrected chi connectivity index (χ2v) is 12.9. The molecule has 1 N–H and O–H groups in total. The number of aromatic nitrogens is 3. The summed E-state index contributed by atoms with van der Waals surface area (Å²) in [7, 11) is 1.91. The van der Waals surface area contributed by atoms with E-state index in [9.17, 15) is 9.59 Å². The average molecular weight is 616 g/mol. The van der Waals surface area contributed by atoms with Gasteiger partial charge in [-0.3, -0.25) is 4.98 Å². The van der Waals surface area contributed by atoms with Gasteiger partial charge in [-0.1, -0.05) is 43.2 Å². The number of nitrogens with one attached hydrogen (secondary N) is 1. The monoisotopic (exact) mass is 615 g/mol. The normalized spacial score (nSPS) is 17.7. The van der Waals surface area contributed by atoms with E-state index >= 15 is 0 Å². The largest absolute Gasteiger partial charge is 0.449 e. The fourth-order valence-corrected chi connectivity index (χ4v) is 6.00. The maximum atomic E-state index is 13.3. The second-order valence-electron chi connectivity index (χ2n) is 12.5. The summed E-state index contributed by atoms with van der Waals surface area (Å²) in [6.07, 6.45) is 9.69. The van der Waals surface area contributed by atoms with Gasteiger partial charge in [-0.2, -0.15) is 0 Å². The number of rotatable bonds is 6. The lowest BCUT2D eigenvalue weighted by Crippen LogP contribution is -2.37. The highest BCUT2D eigenvalue weighted by molar-refractivity contribution is 6.31. The first-order valence-electron chi connectivity index (χ1n) is 15.2. The molecule has 2 aliphatic carbocycles. The Morgan fingerprint density at radius 3 is 2.59 bits per heavy atom. The van der Waals surface area contributed by atoms with Crippen molar-refractivity contribution in [1.29, 1.82) is 0 Å². The summed E-state index contributed by atoms with van der Waals surface area (Å²) < 4.78 is 13.2. The molecule has 2 fully saturated rings. The fourth-order valence-electron chi connectivity index (χ4n) is 5.83. The van der Waals surface area contributed by atoms with Gasteiger partial charge in [0.15, 0.2) is 0 Å². The number of imidazole rings is 1. The van der Waals surface area contributed by atoms with Crippen molar-refractivity contribution in [2.45, 2.75) is 58.1 Å². The second kappa shape index (κ2) is 12.1. The van der Waals surface area contributed by atoms with Crippen LogP contribution in [0.25, 0.3) is 17.2 Å². The minimum atomic E-state index is -0.579.